The van der Waals surface area contributed by atoms with Gasteiger partial charge in [0.05, 0.1) is 0 Å². The first kappa shape index (κ1) is 13.1. The number of rotatable bonds is 3. The van der Waals surface area contributed by atoms with E-state index in [1.165, 1.54) is 19.3 Å². The second-order valence-electron chi connectivity index (χ2n) is 5.67. The number of hydrogen-bond donors (Lipinski definition) is 0. The van der Waals surface area contributed by atoms with E-state index in [0.717, 1.165) is 24.6 Å². The second-order valence-corrected chi connectivity index (χ2v) is 5.67. The lowest BCUT2D eigenvalue weighted by Gasteiger charge is -2.27. The largest absolute Gasteiger partial charge is 0.354 e. The number of nitrogens with zero attached hydrogens (tertiary/aromatic N) is 4. The maximum absolute atomic E-state index is 12.1. The highest BCUT2D eigenvalue weighted by molar-refractivity contribution is 5.96. The summed E-state index contributed by atoms with van der Waals surface area (Å²) in [6, 6.07) is 0. The van der Waals surface area contributed by atoms with Gasteiger partial charge in [-0.3, -0.25) is 4.79 Å². The predicted octanol–water partition coefficient (Wildman–Crippen LogP) is 2.56. The second kappa shape index (κ2) is 5.23. The molecule has 1 fully saturated rings. The van der Waals surface area contributed by atoms with Gasteiger partial charge in [-0.05, 0) is 19.3 Å². The number of carbonyl (C=O) groups is 1. The molecule has 0 aromatic carbocycles. The predicted molar refractivity (Wildman–Crippen MR) is 78.2 cm³/mol. The number of anilines is 1. The summed E-state index contributed by atoms with van der Waals surface area (Å²) in [5, 5.41) is 0. The summed E-state index contributed by atoms with van der Waals surface area (Å²) in [7, 11) is 0. The molecule has 3 heterocycles. The summed E-state index contributed by atoms with van der Waals surface area (Å²) < 4.78 is 1.91. The Labute approximate surface area is 118 Å². The summed E-state index contributed by atoms with van der Waals surface area (Å²) in [5.41, 5.74) is 1.32. The van der Waals surface area contributed by atoms with Crippen molar-refractivity contribution in [2.45, 2.75) is 33.1 Å². The molecule has 0 bridgehead atoms. The molecule has 5 nitrogen and oxygen atoms in total. The number of ketones is 1. The SMILES string of the molecule is CC(C)C(=O)c1cn2ccnc(N3CCCCC3)c2n1. The van der Waals surface area contributed by atoms with Gasteiger partial charge in [0.1, 0.15) is 5.69 Å². The first-order chi connectivity index (χ1) is 9.66. The van der Waals surface area contributed by atoms with Gasteiger partial charge in [0, 0.05) is 37.6 Å². The van der Waals surface area contributed by atoms with Crippen LogP contribution in [0.3, 0.4) is 0 Å². The fourth-order valence-electron chi connectivity index (χ4n) is 2.65. The third-order valence-corrected chi connectivity index (χ3v) is 3.79. The van der Waals surface area contributed by atoms with E-state index in [-0.39, 0.29) is 11.7 Å². The van der Waals surface area contributed by atoms with E-state index in [1.807, 2.05) is 30.6 Å². The number of hydrogen-bond acceptors (Lipinski definition) is 4. The van der Waals surface area contributed by atoms with Crippen molar-refractivity contribution in [2.75, 3.05) is 18.0 Å². The zero-order valence-corrected chi connectivity index (χ0v) is 12.0. The monoisotopic (exact) mass is 272 g/mol. The van der Waals surface area contributed by atoms with E-state index in [1.54, 1.807) is 6.20 Å². The van der Waals surface area contributed by atoms with E-state index >= 15 is 0 Å². The van der Waals surface area contributed by atoms with Gasteiger partial charge in [-0.15, -0.1) is 0 Å². The van der Waals surface area contributed by atoms with Crippen molar-refractivity contribution in [3.05, 3.63) is 24.3 Å². The summed E-state index contributed by atoms with van der Waals surface area (Å²) in [6.45, 7) is 5.84. The summed E-state index contributed by atoms with van der Waals surface area (Å²) in [6.07, 6.45) is 9.12. The summed E-state index contributed by atoms with van der Waals surface area (Å²) >= 11 is 0. The van der Waals surface area contributed by atoms with Crippen LogP contribution in [0.25, 0.3) is 5.65 Å². The van der Waals surface area contributed by atoms with Crippen LogP contribution < -0.4 is 4.90 Å². The highest BCUT2D eigenvalue weighted by Gasteiger charge is 2.19. The maximum atomic E-state index is 12.1. The van der Waals surface area contributed by atoms with Crippen LogP contribution in [0, 0.1) is 5.92 Å². The zero-order valence-electron chi connectivity index (χ0n) is 12.0. The molecule has 0 N–H and O–H groups in total. The molecule has 0 amide bonds. The van der Waals surface area contributed by atoms with E-state index in [9.17, 15) is 4.79 Å². The molecular formula is C15H20N4O. The summed E-state index contributed by atoms with van der Waals surface area (Å²) in [4.78, 5) is 23.4. The van der Waals surface area contributed by atoms with Gasteiger partial charge < -0.3 is 9.30 Å². The minimum absolute atomic E-state index is 0.0358. The van der Waals surface area contributed by atoms with Crippen molar-refractivity contribution in [1.82, 2.24) is 14.4 Å². The third-order valence-electron chi connectivity index (χ3n) is 3.79. The van der Waals surface area contributed by atoms with E-state index < -0.39 is 0 Å². The van der Waals surface area contributed by atoms with Crippen LogP contribution in [-0.2, 0) is 0 Å². The molecule has 106 valence electrons. The van der Waals surface area contributed by atoms with Crippen LogP contribution in [0.1, 0.15) is 43.6 Å². The number of piperidine rings is 1. The molecule has 1 aliphatic heterocycles. The molecule has 2 aromatic rings. The normalized spacial score (nSPS) is 16.1. The Bertz CT molecular complexity index is 626. The standard InChI is InChI=1S/C15H20N4O/c1-11(2)13(20)12-10-19-9-6-16-14(15(19)17-12)18-7-4-3-5-8-18/h6,9-11H,3-5,7-8H2,1-2H3. The van der Waals surface area contributed by atoms with Gasteiger partial charge in [-0.1, -0.05) is 13.8 Å². The van der Waals surface area contributed by atoms with Crippen LogP contribution in [0.4, 0.5) is 5.82 Å². The highest BCUT2D eigenvalue weighted by Crippen LogP contribution is 2.22. The zero-order chi connectivity index (χ0) is 14.1. The average molecular weight is 272 g/mol. The number of fused-ring (bicyclic) bond motifs is 1. The topological polar surface area (TPSA) is 50.5 Å². The molecule has 0 unspecified atom stereocenters. The van der Waals surface area contributed by atoms with Crippen LogP contribution in [0.5, 0.6) is 0 Å². The molecule has 5 heteroatoms. The van der Waals surface area contributed by atoms with Crippen LogP contribution in [-0.4, -0.2) is 33.2 Å². The molecule has 3 rings (SSSR count). The fraction of sp³-hybridized carbons (Fsp3) is 0.533. The van der Waals surface area contributed by atoms with Crippen molar-refractivity contribution in [1.29, 1.82) is 0 Å². The smallest absolute Gasteiger partial charge is 0.185 e. The molecule has 0 radical (unpaired) electrons. The van der Waals surface area contributed by atoms with Crippen LogP contribution in [0.2, 0.25) is 0 Å². The number of Topliss-reactive ketones (excluding diaryl/α,β-unsaturated/α-hetero) is 1. The van der Waals surface area contributed by atoms with Gasteiger partial charge >= 0.3 is 0 Å². The Morgan fingerprint density at radius 2 is 2.00 bits per heavy atom. The first-order valence-electron chi connectivity index (χ1n) is 7.29. The highest BCUT2D eigenvalue weighted by atomic mass is 16.1. The third kappa shape index (κ3) is 2.28. The Morgan fingerprint density at radius 1 is 1.25 bits per heavy atom. The van der Waals surface area contributed by atoms with Gasteiger partial charge in [-0.25, -0.2) is 9.97 Å². The minimum atomic E-state index is -0.0358. The molecule has 1 saturated heterocycles. The average Bonchev–Trinajstić information content (AvgIpc) is 2.91. The Hall–Kier alpha value is -1.91. The molecular weight excluding hydrogens is 252 g/mol. The van der Waals surface area contributed by atoms with Gasteiger partial charge in [-0.2, -0.15) is 0 Å². The quantitative estimate of drug-likeness (QED) is 0.806. The molecule has 20 heavy (non-hydrogen) atoms. The Balaban J connectivity index is 2.02. The lowest BCUT2D eigenvalue weighted by molar-refractivity contribution is 0.0935. The van der Waals surface area contributed by atoms with E-state index in [0.29, 0.717) is 5.69 Å². The van der Waals surface area contributed by atoms with Gasteiger partial charge in [0.25, 0.3) is 0 Å². The van der Waals surface area contributed by atoms with Gasteiger partial charge in [0.15, 0.2) is 17.2 Å². The number of aromatic nitrogens is 3. The number of carbonyl (C=O) groups excluding carboxylic acids is 1. The molecule has 0 aliphatic carbocycles. The van der Waals surface area contributed by atoms with Crippen molar-refractivity contribution < 1.29 is 4.79 Å². The van der Waals surface area contributed by atoms with Crippen molar-refractivity contribution >= 4 is 17.2 Å². The number of imidazole rings is 1. The molecule has 2 aromatic heterocycles. The Kier molecular flexibility index (Phi) is 3.42. The lowest BCUT2D eigenvalue weighted by Crippen LogP contribution is -2.30. The van der Waals surface area contributed by atoms with Crippen molar-refractivity contribution in [2.24, 2.45) is 5.92 Å². The molecule has 0 saturated carbocycles. The van der Waals surface area contributed by atoms with E-state index in [2.05, 4.69) is 14.9 Å². The summed E-state index contributed by atoms with van der Waals surface area (Å²) in [5.74, 6) is 0.944. The lowest BCUT2D eigenvalue weighted by atomic mass is 10.1. The van der Waals surface area contributed by atoms with Crippen LogP contribution in [0.15, 0.2) is 18.6 Å². The van der Waals surface area contributed by atoms with Gasteiger partial charge in [0.2, 0.25) is 0 Å². The Morgan fingerprint density at radius 3 is 2.70 bits per heavy atom. The molecule has 0 spiro atoms. The van der Waals surface area contributed by atoms with E-state index in [4.69, 9.17) is 0 Å². The maximum Gasteiger partial charge on any atom is 0.185 e. The van der Waals surface area contributed by atoms with Crippen molar-refractivity contribution in [3.63, 3.8) is 0 Å². The molecule has 0 atom stereocenters. The fourth-order valence-corrected chi connectivity index (χ4v) is 2.65. The van der Waals surface area contributed by atoms with Crippen LogP contribution >= 0.6 is 0 Å². The van der Waals surface area contributed by atoms with Crippen molar-refractivity contribution in [3.8, 4) is 0 Å². The first-order valence-corrected chi connectivity index (χ1v) is 7.29. The minimum Gasteiger partial charge on any atom is -0.354 e. The molecule has 1 aliphatic rings.